The molecule has 1 aliphatic rings. The molecule has 0 spiro atoms. The Kier molecular flexibility index (Phi) is 10.1. The normalized spacial score (nSPS) is 15.7. The summed E-state index contributed by atoms with van der Waals surface area (Å²) in [5.74, 6) is -0.603. The Bertz CT molecular complexity index is 880. The number of esters is 1. The molecule has 0 aromatic heterocycles. The molecule has 0 aliphatic heterocycles. The van der Waals surface area contributed by atoms with Gasteiger partial charge in [0.05, 0.1) is 12.1 Å². The standard InChI is InChI=1S/C19H28N2O3.C6H4ClF/c1-4-16(18(23)24-3)21-19(10-6-5-7-11-19)15-9-8-14(2)12-17(15)20-13-22;7-5-3-1-2-4-6(5)8/h8-9,12-13,16,21H,4-7,10-11H2,1-3H3,(H,20,22);1-4H/t16-;/m1./s1. The number of amides is 1. The van der Waals surface area contributed by atoms with Gasteiger partial charge in [-0.3, -0.25) is 14.9 Å². The highest BCUT2D eigenvalue weighted by Crippen LogP contribution is 2.41. The Hall–Kier alpha value is -2.44. The third kappa shape index (κ3) is 6.78. The van der Waals surface area contributed by atoms with Crippen LogP contribution >= 0.6 is 11.6 Å². The summed E-state index contributed by atoms with van der Waals surface area (Å²) < 4.78 is 17.1. The van der Waals surface area contributed by atoms with Crippen molar-refractivity contribution < 1.29 is 18.7 Å². The summed E-state index contributed by atoms with van der Waals surface area (Å²) >= 11 is 5.33. The van der Waals surface area contributed by atoms with Gasteiger partial charge in [-0.25, -0.2) is 4.39 Å². The van der Waals surface area contributed by atoms with Crippen LogP contribution in [0.3, 0.4) is 0 Å². The van der Waals surface area contributed by atoms with Crippen molar-refractivity contribution in [2.75, 3.05) is 12.4 Å². The highest BCUT2D eigenvalue weighted by atomic mass is 35.5. The number of nitrogens with one attached hydrogen (secondary N) is 2. The van der Waals surface area contributed by atoms with Gasteiger partial charge in [0.2, 0.25) is 6.41 Å². The zero-order chi connectivity index (χ0) is 23.6. The van der Waals surface area contributed by atoms with Crippen LogP contribution in [0.1, 0.15) is 56.6 Å². The average molecular weight is 463 g/mol. The number of aryl methyl sites for hydroxylation is 1. The van der Waals surface area contributed by atoms with Crippen molar-refractivity contribution in [1.82, 2.24) is 5.32 Å². The number of benzene rings is 2. The minimum absolute atomic E-state index is 0.174. The zero-order valence-electron chi connectivity index (χ0n) is 18.9. The van der Waals surface area contributed by atoms with Crippen molar-refractivity contribution in [2.45, 2.75) is 64.0 Å². The number of rotatable bonds is 7. The molecule has 1 aliphatic carbocycles. The van der Waals surface area contributed by atoms with Gasteiger partial charge >= 0.3 is 5.97 Å². The van der Waals surface area contributed by atoms with Crippen molar-refractivity contribution in [3.05, 3.63) is 64.4 Å². The van der Waals surface area contributed by atoms with E-state index in [4.69, 9.17) is 16.3 Å². The van der Waals surface area contributed by atoms with Crippen LogP contribution < -0.4 is 10.6 Å². The first kappa shape index (κ1) is 25.8. The van der Waals surface area contributed by atoms with Crippen molar-refractivity contribution in [2.24, 2.45) is 0 Å². The van der Waals surface area contributed by atoms with E-state index in [1.54, 1.807) is 12.1 Å². The largest absolute Gasteiger partial charge is 0.468 e. The third-order valence-electron chi connectivity index (χ3n) is 5.78. The summed E-state index contributed by atoms with van der Waals surface area (Å²) in [6.45, 7) is 3.98. The first-order valence-corrected chi connectivity index (χ1v) is 11.3. The van der Waals surface area contributed by atoms with Gasteiger partial charge in [-0.2, -0.15) is 0 Å². The van der Waals surface area contributed by atoms with Gasteiger partial charge in [0, 0.05) is 11.2 Å². The van der Waals surface area contributed by atoms with Crippen molar-refractivity contribution in [3.63, 3.8) is 0 Å². The summed E-state index contributed by atoms with van der Waals surface area (Å²) in [5.41, 5.74) is 2.65. The van der Waals surface area contributed by atoms with Crippen LogP contribution in [0.2, 0.25) is 5.02 Å². The lowest BCUT2D eigenvalue weighted by Crippen LogP contribution is -2.52. The molecule has 0 saturated heterocycles. The second kappa shape index (κ2) is 12.6. The lowest BCUT2D eigenvalue weighted by molar-refractivity contribution is -0.144. The molecule has 0 bridgehead atoms. The van der Waals surface area contributed by atoms with E-state index >= 15 is 0 Å². The number of anilines is 1. The summed E-state index contributed by atoms with van der Waals surface area (Å²) in [5, 5.41) is 6.58. The Labute approximate surface area is 194 Å². The maximum Gasteiger partial charge on any atom is 0.322 e. The maximum atomic E-state index is 12.2. The fourth-order valence-electron chi connectivity index (χ4n) is 4.15. The van der Waals surface area contributed by atoms with E-state index in [0.29, 0.717) is 12.8 Å². The fourth-order valence-corrected chi connectivity index (χ4v) is 4.28. The van der Waals surface area contributed by atoms with Gasteiger partial charge < -0.3 is 10.1 Å². The van der Waals surface area contributed by atoms with Gasteiger partial charge in [0.25, 0.3) is 0 Å². The second-order valence-electron chi connectivity index (χ2n) is 8.00. The molecule has 2 N–H and O–H groups in total. The molecule has 0 unspecified atom stereocenters. The van der Waals surface area contributed by atoms with Crippen molar-refractivity contribution >= 4 is 29.7 Å². The summed E-state index contributed by atoms with van der Waals surface area (Å²) in [6, 6.07) is 11.9. The summed E-state index contributed by atoms with van der Waals surface area (Å²) in [4.78, 5) is 23.2. The monoisotopic (exact) mass is 462 g/mol. The molecule has 1 fully saturated rings. The molecule has 2 aromatic carbocycles. The lowest BCUT2D eigenvalue weighted by Gasteiger charge is -2.42. The number of carbonyl (C=O) groups excluding carboxylic acids is 2. The van der Waals surface area contributed by atoms with E-state index in [9.17, 15) is 14.0 Å². The lowest BCUT2D eigenvalue weighted by atomic mass is 9.75. The number of hydrogen-bond donors (Lipinski definition) is 2. The molecular weight excluding hydrogens is 431 g/mol. The first-order chi connectivity index (χ1) is 15.4. The van der Waals surface area contributed by atoms with Gasteiger partial charge in [-0.15, -0.1) is 0 Å². The quantitative estimate of drug-likeness (QED) is 0.406. The van der Waals surface area contributed by atoms with E-state index < -0.39 is 0 Å². The smallest absolute Gasteiger partial charge is 0.322 e. The Morgan fingerprint density at radius 1 is 1.22 bits per heavy atom. The molecule has 2 aromatic rings. The van der Waals surface area contributed by atoms with Crippen LogP contribution in [0.5, 0.6) is 0 Å². The van der Waals surface area contributed by atoms with Crippen LogP contribution in [0.25, 0.3) is 0 Å². The minimum Gasteiger partial charge on any atom is -0.468 e. The van der Waals surface area contributed by atoms with Gasteiger partial charge in [-0.1, -0.05) is 62.1 Å². The summed E-state index contributed by atoms with van der Waals surface area (Å²) in [7, 11) is 1.42. The molecule has 32 heavy (non-hydrogen) atoms. The summed E-state index contributed by atoms with van der Waals surface area (Å²) in [6.07, 6.45) is 6.65. The highest BCUT2D eigenvalue weighted by Gasteiger charge is 2.38. The van der Waals surface area contributed by atoms with E-state index in [1.165, 1.54) is 25.7 Å². The molecule has 0 heterocycles. The predicted octanol–water partition coefficient (Wildman–Crippen LogP) is 5.74. The molecule has 7 heteroatoms. The topological polar surface area (TPSA) is 67.4 Å². The average Bonchev–Trinajstić information content (AvgIpc) is 2.80. The molecule has 1 atom stereocenters. The number of carbonyl (C=O) groups is 2. The second-order valence-corrected chi connectivity index (χ2v) is 8.40. The van der Waals surface area contributed by atoms with Crippen molar-refractivity contribution in [3.8, 4) is 0 Å². The highest BCUT2D eigenvalue weighted by molar-refractivity contribution is 6.30. The first-order valence-electron chi connectivity index (χ1n) is 10.9. The SMILES string of the molecule is CC[C@@H](NC1(c2ccc(C)cc2NC=O)CCCCC1)C(=O)OC.Fc1ccccc1Cl. The molecule has 0 radical (unpaired) electrons. The molecular formula is C25H32ClFN2O3. The fraction of sp³-hybridized carbons (Fsp3) is 0.440. The number of hydrogen-bond acceptors (Lipinski definition) is 4. The van der Waals surface area contributed by atoms with Crippen LogP contribution in [0, 0.1) is 12.7 Å². The maximum absolute atomic E-state index is 12.2. The van der Waals surface area contributed by atoms with Crippen LogP contribution in [-0.4, -0.2) is 25.5 Å². The van der Waals surface area contributed by atoms with Crippen molar-refractivity contribution in [1.29, 1.82) is 0 Å². The Morgan fingerprint density at radius 3 is 2.44 bits per heavy atom. The molecule has 5 nitrogen and oxygen atoms in total. The predicted molar refractivity (Wildman–Crippen MR) is 126 cm³/mol. The molecule has 1 amide bonds. The van der Waals surface area contributed by atoms with E-state index in [0.717, 1.165) is 42.5 Å². The molecule has 174 valence electrons. The van der Waals surface area contributed by atoms with Gasteiger partial charge in [0.15, 0.2) is 0 Å². The van der Waals surface area contributed by atoms with Crippen LogP contribution in [0.4, 0.5) is 10.1 Å². The van der Waals surface area contributed by atoms with Crippen LogP contribution in [-0.2, 0) is 19.9 Å². The number of ether oxygens (including phenoxy) is 1. The zero-order valence-corrected chi connectivity index (χ0v) is 19.7. The van der Waals surface area contributed by atoms with Crippen LogP contribution in [0.15, 0.2) is 42.5 Å². The number of methoxy groups -OCH3 is 1. The van der Waals surface area contributed by atoms with E-state index in [2.05, 4.69) is 22.8 Å². The van der Waals surface area contributed by atoms with Gasteiger partial charge in [-0.05, 0) is 55.5 Å². The van der Waals surface area contributed by atoms with E-state index in [1.807, 2.05) is 19.9 Å². The Morgan fingerprint density at radius 2 is 1.91 bits per heavy atom. The van der Waals surface area contributed by atoms with E-state index in [-0.39, 0.29) is 28.4 Å². The molecule has 1 saturated carbocycles. The third-order valence-corrected chi connectivity index (χ3v) is 6.09. The Balaban J connectivity index is 0.000000380. The minimum atomic E-state index is -0.367. The number of halogens is 2. The molecule has 3 rings (SSSR count). The van der Waals surface area contributed by atoms with Gasteiger partial charge in [0.1, 0.15) is 11.9 Å².